The normalized spacial score (nSPS) is 10.6. The number of carbonyl (C=O) groups excluding carboxylic acids is 1. The van der Waals surface area contributed by atoms with Crippen LogP contribution in [0.5, 0.6) is 17.2 Å². The minimum atomic E-state index is -0.564. The van der Waals surface area contributed by atoms with Crippen molar-refractivity contribution >= 4 is 40.5 Å². The molecular formula is C24H18Cl2N4O5. The van der Waals surface area contributed by atoms with Crippen molar-refractivity contribution < 1.29 is 19.2 Å². The number of halogens is 2. The summed E-state index contributed by atoms with van der Waals surface area (Å²) in [6.07, 6.45) is 1.55. The third-order valence-corrected chi connectivity index (χ3v) is 5.53. The van der Waals surface area contributed by atoms with Crippen LogP contribution in [0.2, 0.25) is 10.0 Å². The molecular weight excluding hydrogens is 495 g/mol. The highest BCUT2D eigenvalue weighted by Crippen LogP contribution is 2.32. The lowest BCUT2D eigenvalue weighted by Gasteiger charge is -2.10. The number of hydrogen-bond donors (Lipinski definition) is 1. The molecule has 0 radical (unpaired) electrons. The van der Waals surface area contributed by atoms with Gasteiger partial charge in [0.05, 0.1) is 21.7 Å². The number of rotatable bonds is 8. The Morgan fingerprint density at radius 2 is 1.89 bits per heavy atom. The number of benzene rings is 3. The van der Waals surface area contributed by atoms with Crippen LogP contribution < -0.4 is 14.8 Å². The molecule has 9 nitrogen and oxygen atoms in total. The number of aryl methyl sites for hydroxylation is 1. The third-order valence-electron chi connectivity index (χ3n) is 4.73. The van der Waals surface area contributed by atoms with E-state index in [0.29, 0.717) is 16.5 Å². The molecule has 0 aliphatic carbocycles. The van der Waals surface area contributed by atoms with E-state index in [1.807, 2.05) is 19.1 Å². The molecule has 1 aromatic heterocycles. The Balaban J connectivity index is 1.47. The van der Waals surface area contributed by atoms with E-state index in [-0.39, 0.29) is 34.6 Å². The van der Waals surface area contributed by atoms with Crippen molar-refractivity contribution in [2.45, 2.75) is 13.7 Å². The predicted octanol–water partition coefficient (Wildman–Crippen LogP) is 6.49. The topological polar surface area (TPSA) is 109 Å². The molecule has 0 aliphatic rings. The first-order valence-corrected chi connectivity index (χ1v) is 11.0. The van der Waals surface area contributed by atoms with Crippen molar-refractivity contribution in [3.63, 3.8) is 0 Å². The summed E-state index contributed by atoms with van der Waals surface area (Å²) < 4.78 is 12.8. The van der Waals surface area contributed by atoms with Crippen LogP contribution in [-0.2, 0) is 6.73 Å². The third kappa shape index (κ3) is 6.08. The number of aromatic nitrogens is 2. The Labute approximate surface area is 210 Å². The molecule has 1 heterocycles. The van der Waals surface area contributed by atoms with Crippen molar-refractivity contribution in [3.05, 3.63) is 104 Å². The molecule has 11 heteroatoms. The van der Waals surface area contributed by atoms with Crippen molar-refractivity contribution in [2.75, 3.05) is 5.32 Å². The highest BCUT2D eigenvalue weighted by atomic mass is 35.5. The zero-order valence-electron chi connectivity index (χ0n) is 18.3. The van der Waals surface area contributed by atoms with E-state index in [9.17, 15) is 14.9 Å². The van der Waals surface area contributed by atoms with Gasteiger partial charge in [0.15, 0.2) is 12.4 Å². The van der Waals surface area contributed by atoms with E-state index in [0.717, 1.165) is 5.56 Å². The molecule has 0 aliphatic heterocycles. The number of hydrogen-bond acceptors (Lipinski definition) is 6. The van der Waals surface area contributed by atoms with E-state index in [1.165, 1.54) is 28.9 Å². The summed E-state index contributed by atoms with van der Waals surface area (Å²) in [5, 5.41) is 18.8. The molecule has 35 heavy (non-hydrogen) atoms. The average Bonchev–Trinajstić information content (AvgIpc) is 3.29. The first-order chi connectivity index (χ1) is 16.8. The van der Waals surface area contributed by atoms with Crippen LogP contribution in [0.1, 0.15) is 16.1 Å². The molecule has 1 N–H and O–H groups in total. The van der Waals surface area contributed by atoms with Gasteiger partial charge in [0.1, 0.15) is 22.3 Å². The van der Waals surface area contributed by atoms with Crippen LogP contribution >= 0.6 is 23.2 Å². The lowest BCUT2D eigenvalue weighted by Crippen LogP contribution is -2.14. The molecule has 0 bridgehead atoms. The number of nitrogens with one attached hydrogen (secondary N) is 1. The summed E-state index contributed by atoms with van der Waals surface area (Å²) in [5.41, 5.74) is 1.00. The largest absolute Gasteiger partial charge is 0.470 e. The number of nitro groups is 1. The van der Waals surface area contributed by atoms with Crippen LogP contribution in [0, 0.1) is 17.0 Å². The van der Waals surface area contributed by atoms with Gasteiger partial charge in [-0.1, -0.05) is 41.4 Å². The quantitative estimate of drug-likeness (QED) is 0.213. The fourth-order valence-electron chi connectivity index (χ4n) is 3.12. The van der Waals surface area contributed by atoms with Gasteiger partial charge >= 0.3 is 0 Å². The van der Waals surface area contributed by atoms with E-state index in [1.54, 1.807) is 36.5 Å². The van der Waals surface area contributed by atoms with Gasteiger partial charge in [0, 0.05) is 18.3 Å². The van der Waals surface area contributed by atoms with Crippen molar-refractivity contribution in [1.29, 1.82) is 0 Å². The Kier molecular flexibility index (Phi) is 7.19. The number of nitro benzene ring substituents is 1. The number of amides is 1. The molecule has 4 aromatic rings. The van der Waals surface area contributed by atoms with Crippen LogP contribution in [0.15, 0.2) is 72.9 Å². The summed E-state index contributed by atoms with van der Waals surface area (Å²) in [5.74, 6) is 0.531. The van der Waals surface area contributed by atoms with Gasteiger partial charge in [-0.3, -0.25) is 14.9 Å². The maximum absolute atomic E-state index is 12.7. The SMILES string of the molecule is Cc1cccc(Oc2cc(NC(=O)c3ccn(COc4cccc(Cl)c4Cl)n3)cc([N+](=O)[O-])c2)c1. The van der Waals surface area contributed by atoms with Gasteiger partial charge in [-0.2, -0.15) is 5.10 Å². The average molecular weight is 513 g/mol. The number of carbonyl (C=O) groups is 1. The zero-order chi connectivity index (χ0) is 24.9. The van der Waals surface area contributed by atoms with Crippen molar-refractivity contribution in [2.24, 2.45) is 0 Å². The smallest absolute Gasteiger partial charge is 0.276 e. The molecule has 4 rings (SSSR count). The summed E-state index contributed by atoms with van der Waals surface area (Å²) >= 11 is 12.1. The molecule has 0 spiro atoms. The number of non-ortho nitro benzene ring substituents is 1. The van der Waals surface area contributed by atoms with Gasteiger partial charge in [0.25, 0.3) is 11.6 Å². The predicted molar refractivity (Wildman–Crippen MR) is 132 cm³/mol. The molecule has 1 amide bonds. The molecule has 0 saturated heterocycles. The molecule has 3 aromatic carbocycles. The second-order valence-electron chi connectivity index (χ2n) is 7.41. The minimum absolute atomic E-state index is 0.0152. The van der Waals surface area contributed by atoms with Crippen molar-refractivity contribution in [1.82, 2.24) is 9.78 Å². The molecule has 178 valence electrons. The van der Waals surface area contributed by atoms with Gasteiger partial charge in [-0.15, -0.1) is 0 Å². The van der Waals surface area contributed by atoms with Crippen LogP contribution in [0.3, 0.4) is 0 Å². The van der Waals surface area contributed by atoms with E-state index < -0.39 is 10.8 Å². The lowest BCUT2D eigenvalue weighted by atomic mass is 10.2. The van der Waals surface area contributed by atoms with E-state index in [2.05, 4.69) is 10.4 Å². The monoisotopic (exact) mass is 512 g/mol. The highest BCUT2D eigenvalue weighted by molar-refractivity contribution is 6.42. The summed E-state index contributed by atoms with van der Waals surface area (Å²) in [7, 11) is 0. The first kappa shape index (κ1) is 24.1. The van der Waals surface area contributed by atoms with E-state index >= 15 is 0 Å². The summed E-state index contributed by atoms with van der Waals surface area (Å²) in [6.45, 7) is 1.89. The van der Waals surface area contributed by atoms with Gasteiger partial charge in [-0.05, 0) is 42.8 Å². The summed E-state index contributed by atoms with van der Waals surface area (Å²) in [4.78, 5) is 23.6. The Morgan fingerprint density at radius 1 is 1.09 bits per heavy atom. The number of nitrogens with zero attached hydrogens (tertiary/aromatic N) is 3. The van der Waals surface area contributed by atoms with Gasteiger partial charge in [-0.25, -0.2) is 4.68 Å². The first-order valence-electron chi connectivity index (χ1n) is 10.2. The van der Waals surface area contributed by atoms with Crippen molar-refractivity contribution in [3.8, 4) is 17.2 Å². The second kappa shape index (κ2) is 10.5. The fourth-order valence-corrected chi connectivity index (χ4v) is 3.46. The Bertz CT molecular complexity index is 1410. The van der Waals surface area contributed by atoms with E-state index in [4.69, 9.17) is 32.7 Å². The summed E-state index contributed by atoms with van der Waals surface area (Å²) in [6, 6.07) is 17.7. The van der Waals surface area contributed by atoms with Crippen LogP contribution in [0.4, 0.5) is 11.4 Å². The van der Waals surface area contributed by atoms with Crippen LogP contribution in [-0.4, -0.2) is 20.6 Å². The number of anilines is 1. The molecule has 0 atom stereocenters. The van der Waals surface area contributed by atoms with Gasteiger partial charge < -0.3 is 14.8 Å². The Hall–Kier alpha value is -4.08. The highest BCUT2D eigenvalue weighted by Gasteiger charge is 2.16. The maximum atomic E-state index is 12.7. The Morgan fingerprint density at radius 3 is 2.66 bits per heavy atom. The molecule has 0 unspecified atom stereocenters. The molecule has 0 saturated carbocycles. The van der Waals surface area contributed by atoms with Crippen LogP contribution in [0.25, 0.3) is 0 Å². The zero-order valence-corrected chi connectivity index (χ0v) is 19.8. The minimum Gasteiger partial charge on any atom is -0.470 e. The number of ether oxygens (including phenoxy) is 2. The van der Waals surface area contributed by atoms with Gasteiger partial charge in [0.2, 0.25) is 0 Å². The standard InChI is InChI=1S/C24H18Cl2N4O5/c1-15-4-2-5-18(10-15)35-19-12-16(11-17(13-19)30(32)33)27-24(31)21-8-9-29(28-21)14-34-22-7-3-6-20(25)23(22)26/h2-13H,14H2,1H3,(H,27,31). The second-order valence-corrected chi connectivity index (χ2v) is 8.20. The molecule has 0 fully saturated rings. The fraction of sp³-hybridized carbons (Fsp3) is 0.0833. The lowest BCUT2D eigenvalue weighted by molar-refractivity contribution is -0.384. The maximum Gasteiger partial charge on any atom is 0.276 e.